The van der Waals surface area contributed by atoms with Crippen molar-refractivity contribution in [2.75, 3.05) is 13.1 Å². The van der Waals surface area contributed by atoms with Crippen LogP contribution in [-0.4, -0.2) is 42.7 Å². The van der Waals surface area contributed by atoms with Crippen LogP contribution in [0.3, 0.4) is 0 Å². The minimum Gasteiger partial charge on any atom is -0.331 e. The fraction of sp³-hybridized carbons (Fsp3) is 0.458. The highest BCUT2D eigenvalue weighted by molar-refractivity contribution is 7.89. The van der Waals surface area contributed by atoms with Gasteiger partial charge in [0.15, 0.2) is 0 Å². The Bertz CT molecular complexity index is 1060. The number of sulfonamides is 1. The van der Waals surface area contributed by atoms with Crippen molar-refractivity contribution in [1.29, 1.82) is 0 Å². The van der Waals surface area contributed by atoms with E-state index in [0.29, 0.717) is 25.6 Å². The molecule has 2 fully saturated rings. The van der Waals surface area contributed by atoms with Gasteiger partial charge in [-0.15, -0.1) is 0 Å². The lowest BCUT2D eigenvalue weighted by Gasteiger charge is -2.24. The molecule has 2 aromatic carbocycles. The lowest BCUT2D eigenvalue weighted by molar-refractivity contribution is 0.0729. The van der Waals surface area contributed by atoms with Crippen LogP contribution in [0.5, 0.6) is 0 Å². The second-order valence-electron chi connectivity index (χ2n) is 8.82. The van der Waals surface area contributed by atoms with Crippen LogP contribution in [0.2, 0.25) is 0 Å². The molecule has 0 aromatic heterocycles. The molecule has 7 heteroatoms. The molecule has 2 aliphatic rings. The first-order valence-electron chi connectivity index (χ1n) is 11.0. The van der Waals surface area contributed by atoms with Crippen molar-refractivity contribution in [3.05, 3.63) is 65.0 Å². The van der Waals surface area contributed by atoms with Gasteiger partial charge in [-0.3, -0.25) is 4.79 Å². The van der Waals surface area contributed by atoms with E-state index in [1.165, 1.54) is 22.0 Å². The molecule has 1 saturated heterocycles. The van der Waals surface area contributed by atoms with Gasteiger partial charge >= 0.3 is 0 Å². The van der Waals surface area contributed by atoms with Crippen molar-refractivity contribution in [3.63, 3.8) is 0 Å². The SMILES string of the molecule is CC(C)c1ccc(CN(C(=O)c2ccc(F)c(S(=O)(=O)N3CCCC3)c2)C2CC2)cc1. The van der Waals surface area contributed by atoms with E-state index in [1.54, 1.807) is 4.90 Å². The second kappa shape index (κ2) is 8.71. The number of hydrogen-bond donors (Lipinski definition) is 0. The largest absolute Gasteiger partial charge is 0.331 e. The van der Waals surface area contributed by atoms with Gasteiger partial charge in [-0.25, -0.2) is 12.8 Å². The zero-order valence-corrected chi connectivity index (χ0v) is 18.9. The molecule has 166 valence electrons. The van der Waals surface area contributed by atoms with Gasteiger partial charge in [0.25, 0.3) is 5.91 Å². The van der Waals surface area contributed by atoms with Gasteiger partial charge in [0.1, 0.15) is 10.7 Å². The van der Waals surface area contributed by atoms with Crippen molar-refractivity contribution in [1.82, 2.24) is 9.21 Å². The van der Waals surface area contributed by atoms with Crippen molar-refractivity contribution in [2.24, 2.45) is 0 Å². The van der Waals surface area contributed by atoms with E-state index < -0.39 is 20.7 Å². The summed E-state index contributed by atoms with van der Waals surface area (Å²) in [6.07, 6.45) is 3.39. The van der Waals surface area contributed by atoms with Crippen molar-refractivity contribution >= 4 is 15.9 Å². The molecule has 31 heavy (non-hydrogen) atoms. The first-order valence-corrected chi connectivity index (χ1v) is 12.4. The molecule has 0 bridgehead atoms. The van der Waals surface area contributed by atoms with E-state index in [-0.39, 0.29) is 17.5 Å². The predicted molar refractivity (Wildman–Crippen MR) is 118 cm³/mol. The van der Waals surface area contributed by atoms with Crippen LogP contribution in [0.15, 0.2) is 47.4 Å². The number of carbonyl (C=O) groups is 1. The summed E-state index contributed by atoms with van der Waals surface area (Å²) in [4.78, 5) is 14.7. The summed E-state index contributed by atoms with van der Waals surface area (Å²) in [7, 11) is -3.94. The average molecular weight is 445 g/mol. The van der Waals surface area contributed by atoms with Gasteiger partial charge in [0.05, 0.1) is 0 Å². The number of amides is 1. The normalized spacial score (nSPS) is 17.3. The van der Waals surface area contributed by atoms with Crippen LogP contribution in [-0.2, 0) is 16.6 Å². The lowest BCUT2D eigenvalue weighted by atomic mass is 10.0. The minimum atomic E-state index is -3.94. The highest BCUT2D eigenvalue weighted by Crippen LogP contribution is 2.31. The maximum atomic E-state index is 14.5. The molecule has 0 radical (unpaired) electrons. The van der Waals surface area contributed by atoms with Crippen LogP contribution < -0.4 is 0 Å². The number of halogens is 1. The van der Waals surface area contributed by atoms with E-state index in [1.807, 2.05) is 12.1 Å². The molecule has 1 aliphatic carbocycles. The molecule has 0 spiro atoms. The molecule has 4 rings (SSSR count). The third kappa shape index (κ3) is 4.67. The smallest absolute Gasteiger partial charge is 0.254 e. The van der Waals surface area contributed by atoms with E-state index in [0.717, 1.165) is 37.3 Å². The number of hydrogen-bond acceptors (Lipinski definition) is 3. The Kier molecular flexibility index (Phi) is 6.17. The molecule has 1 heterocycles. The van der Waals surface area contributed by atoms with Gasteiger partial charge in [-0.05, 0) is 60.9 Å². The summed E-state index contributed by atoms with van der Waals surface area (Å²) < 4.78 is 41.5. The molecule has 0 N–H and O–H groups in total. The number of nitrogens with zero attached hydrogens (tertiary/aromatic N) is 2. The van der Waals surface area contributed by atoms with Gasteiger partial charge in [0, 0.05) is 31.2 Å². The predicted octanol–water partition coefficient (Wildman–Crippen LogP) is 4.54. The van der Waals surface area contributed by atoms with Gasteiger partial charge in [-0.2, -0.15) is 4.31 Å². The highest BCUT2D eigenvalue weighted by Gasteiger charge is 2.35. The third-order valence-corrected chi connectivity index (χ3v) is 8.02. The fourth-order valence-corrected chi connectivity index (χ4v) is 5.63. The van der Waals surface area contributed by atoms with Crippen LogP contribution >= 0.6 is 0 Å². The Morgan fingerprint density at radius 1 is 1.10 bits per heavy atom. The van der Waals surface area contributed by atoms with Crippen LogP contribution in [0.1, 0.15) is 66.9 Å². The van der Waals surface area contributed by atoms with Crippen molar-refractivity contribution in [3.8, 4) is 0 Å². The summed E-state index contributed by atoms with van der Waals surface area (Å²) in [6, 6.07) is 12.1. The summed E-state index contributed by atoms with van der Waals surface area (Å²) in [5.74, 6) is -0.635. The maximum Gasteiger partial charge on any atom is 0.254 e. The Labute approximate surface area is 183 Å². The molecular formula is C24H29FN2O3S. The first kappa shape index (κ1) is 22.0. The van der Waals surface area contributed by atoms with E-state index >= 15 is 0 Å². The molecule has 2 aromatic rings. The monoisotopic (exact) mass is 444 g/mol. The quantitative estimate of drug-likeness (QED) is 0.630. The topological polar surface area (TPSA) is 57.7 Å². The zero-order valence-electron chi connectivity index (χ0n) is 18.1. The summed E-state index contributed by atoms with van der Waals surface area (Å²) in [6.45, 7) is 5.50. The summed E-state index contributed by atoms with van der Waals surface area (Å²) in [5.41, 5.74) is 2.48. The molecule has 1 saturated carbocycles. The standard InChI is InChI=1S/C24H29FN2O3S/c1-17(2)19-7-5-18(6-8-19)16-27(21-10-11-21)24(28)20-9-12-22(25)23(15-20)31(29,30)26-13-3-4-14-26/h5-9,12,15,17,21H,3-4,10-11,13-14,16H2,1-2H3. The summed E-state index contributed by atoms with van der Waals surface area (Å²) >= 11 is 0. The van der Waals surface area contributed by atoms with Crippen LogP contribution in [0.4, 0.5) is 4.39 Å². The Morgan fingerprint density at radius 3 is 2.32 bits per heavy atom. The van der Waals surface area contributed by atoms with E-state index in [9.17, 15) is 17.6 Å². The lowest BCUT2D eigenvalue weighted by Crippen LogP contribution is -2.33. The van der Waals surface area contributed by atoms with E-state index in [2.05, 4.69) is 26.0 Å². The van der Waals surface area contributed by atoms with Gasteiger partial charge < -0.3 is 4.90 Å². The summed E-state index contributed by atoms with van der Waals surface area (Å²) in [5, 5.41) is 0. The Balaban J connectivity index is 1.59. The fourth-order valence-electron chi connectivity index (χ4n) is 4.03. The molecular weight excluding hydrogens is 415 g/mol. The maximum absolute atomic E-state index is 14.5. The zero-order chi connectivity index (χ0) is 22.2. The molecule has 1 amide bonds. The molecule has 0 unspecified atom stereocenters. The van der Waals surface area contributed by atoms with Crippen molar-refractivity contribution < 1.29 is 17.6 Å². The van der Waals surface area contributed by atoms with E-state index in [4.69, 9.17) is 0 Å². The number of carbonyl (C=O) groups excluding carboxylic acids is 1. The second-order valence-corrected chi connectivity index (χ2v) is 10.7. The third-order valence-electron chi connectivity index (χ3n) is 6.11. The molecule has 1 aliphatic heterocycles. The van der Waals surface area contributed by atoms with Crippen LogP contribution in [0, 0.1) is 5.82 Å². The molecule has 0 atom stereocenters. The first-order chi connectivity index (χ1) is 14.8. The molecule has 5 nitrogen and oxygen atoms in total. The number of benzene rings is 2. The van der Waals surface area contributed by atoms with Gasteiger partial charge in [0.2, 0.25) is 10.0 Å². The van der Waals surface area contributed by atoms with Crippen LogP contribution in [0.25, 0.3) is 0 Å². The Morgan fingerprint density at radius 2 is 1.74 bits per heavy atom. The Hall–Kier alpha value is -2.25. The highest BCUT2D eigenvalue weighted by atomic mass is 32.2. The van der Waals surface area contributed by atoms with Crippen molar-refractivity contribution in [2.45, 2.75) is 62.9 Å². The minimum absolute atomic E-state index is 0.140. The number of rotatable bonds is 7. The van der Waals surface area contributed by atoms with Gasteiger partial charge in [-0.1, -0.05) is 38.1 Å². The average Bonchev–Trinajstić information content (AvgIpc) is 3.43.